The molecule has 12 atom stereocenters. The third-order valence-corrected chi connectivity index (χ3v) is 13.9. The van der Waals surface area contributed by atoms with Crippen molar-refractivity contribution < 1.29 is 150 Å². The zero-order chi connectivity index (χ0) is 35.0. The largest absolute Gasteiger partial charge is 1.00 e. The van der Waals surface area contributed by atoms with Gasteiger partial charge in [0.15, 0.2) is 0 Å². The van der Waals surface area contributed by atoms with Gasteiger partial charge in [-0.15, -0.1) is 0 Å². The Labute approximate surface area is 362 Å². The van der Waals surface area contributed by atoms with Crippen LogP contribution >= 0.6 is 0 Å². The summed E-state index contributed by atoms with van der Waals surface area (Å²) in [5, 5.41) is 11.5. The first kappa shape index (κ1) is 47.7. The summed E-state index contributed by atoms with van der Waals surface area (Å²) < 4.78 is 126. The third kappa shape index (κ3) is 9.57. The van der Waals surface area contributed by atoms with Gasteiger partial charge in [-0.2, -0.15) is 0 Å². The van der Waals surface area contributed by atoms with E-state index in [4.69, 9.17) is 8.60 Å². The van der Waals surface area contributed by atoms with Crippen LogP contribution in [0.2, 0.25) is 0 Å². The molecule has 0 amide bonds. The van der Waals surface area contributed by atoms with Gasteiger partial charge in [0, 0.05) is 5.92 Å². The van der Waals surface area contributed by atoms with Crippen LogP contribution in [0.25, 0.3) is 0 Å². The summed E-state index contributed by atoms with van der Waals surface area (Å²) in [5.41, 5.74) is -0.198. The van der Waals surface area contributed by atoms with E-state index in [0.29, 0.717) is 18.3 Å². The Hall–Kier alpha value is 1.59. The maximum absolute atomic E-state index is 12.0. The first-order valence-corrected chi connectivity index (χ1v) is 19.8. The van der Waals surface area contributed by atoms with Gasteiger partial charge in [-0.05, 0) is 96.5 Å². The summed E-state index contributed by atoms with van der Waals surface area (Å²) in [4.78, 5) is 0. The van der Waals surface area contributed by atoms with Gasteiger partial charge in [0.2, 0.25) is 31.2 Å². The standard InChI is InChI=1S/C30H46O14S3.3Na/c1-17(19-10-13-41-16-19)6-7-18(2)20-8-11-30(5)22-14-23(42-45(32,33)34)25-26(31)27(44-47(38,39)40)24(43-46(35,36)37)15-28(25,3)21(22)9-12-29(20,30)4;;;/h9-10,13,16-18,20,22-27,31H,6-8,11-12,14-15H2,1-5H3,(H,32,33,34)(H,35,36,37)(H,38,39,40);;;/q;3*+1/p-3/t17?,18-,20-,22-,23+,24+,25+,26-,27-,28-,29-,30+;;;/m1.../s1. The van der Waals surface area contributed by atoms with Crippen molar-refractivity contribution in [2.45, 2.75) is 110 Å². The number of hydrogen-bond acceptors (Lipinski definition) is 14. The molecule has 14 nitrogen and oxygen atoms in total. The predicted molar refractivity (Wildman–Crippen MR) is 161 cm³/mol. The predicted octanol–water partition coefficient (Wildman–Crippen LogP) is -5.49. The minimum Gasteiger partial charge on any atom is -0.726 e. The van der Waals surface area contributed by atoms with Crippen molar-refractivity contribution in [3.8, 4) is 0 Å². The number of rotatable bonds is 11. The van der Waals surface area contributed by atoms with Crippen molar-refractivity contribution in [3.05, 3.63) is 35.8 Å². The summed E-state index contributed by atoms with van der Waals surface area (Å²) in [7, 11) is -16.4. The molecule has 1 heterocycles. The van der Waals surface area contributed by atoms with Crippen molar-refractivity contribution in [1.29, 1.82) is 0 Å². The zero-order valence-electron chi connectivity index (χ0n) is 29.9. The molecule has 0 aliphatic heterocycles. The number of hydrogen-bond donors (Lipinski definition) is 1. The average molecular weight is 793 g/mol. The number of fused-ring (bicyclic) bond motifs is 5. The van der Waals surface area contributed by atoms with Crippen LogP contribution in [-0.2, 0) is 43.7 Å². The molecule has 1 unspecified atom stereocenters. The van der Waals surface area contributed by atoms with E-state index in [9.17, 15) is 44.0 Å². The molecule has 4 aliphatic rings. The molecule has 1 aromatic rings. The third-order valence-electron chi connectivity index (χ3n) is 12.5. The fraction of sp³-hybridized carbons (Fsp3) is 0.800. The topological polar surface area (TPSA) is 233 Å². The van der Waals surface area contributed by atoms with E-state index in [1.165, 1.54) is 0 Å². The second kappa shape index (κ2) is 17.0. The normalized spacial score (nSPS) is 38.1. The molecule has 0 saturated heterocycles. The molecule has 1 N–H and O–H groups in total. The van der Waals surface area contributed by atoms with Gasteiger partial charge in [-0.3, -0.25) is 12.5 Å². The van der Waals surface area contributed by atoms with Crippen LogP contribution in [0.5, 0.6) is 0 Å². The van der Waals surface area contributed by atoms with Crippen molar-refractivity contribution >= 4 is 31.2 Å². The van der Waals surface area contributed by atoms with E-state index in [2.05, 4.69) is 36.1 Å². The fourth-order valence-electron chi connectivity index (χ4n) is 10.2. The van der Waals surface area contributed by atoms with Crippen molar-refractivity contribution in [2.75, 3.05) is 0 Å². The van der Waals surface area contributed by atoms with E-state index in [-0.39, 0.29) is 106 Å². The molecule has 50 heavy (non-hydrogen) atoms. The molecule has 0 radical (unpaired) electrons. The van der Waals surface area contributed by atoms with Gasteiger partial charge >= 0.3 is 88.7 Å². The summed E-state index contributed by atoms with van der Waals surface area (Å²) in [6.07, 6.45) is 1.44. The molecule has 1 aromatic heterocycles. The van der Waals surface area contributed by atoms with Crippen LogP contribution < -0.4 is 88.7 Å². The first-order valence-electron chi connectivity index (χ1n) is 15.8. The molecular formula is C30H43Na3O14S3. The first-order chi connectivity index (χ1) is 21.5. The summed E-state index contributed by atoms with van der Waals surface area (Å²) in [6.45, 7) is 10.4. The van der Waals surface area contributed by atoms with Crippen LogP contribution in [0.3, 0.4) is 0 Å². The van der Waals surface area contributed by atoms with Gasteiger partial charge in [0.1, 0.15) is 12.2 Å². The van der Waals surface area contributed by atoms with Gasteiger partial charge < -0.3 is 23.2 Å². The molecule has 0 spiro atoms. The molecule has 0 aromatic carbocycles. The summed E-state index contributed by atoms with van der Waals surface area (Å²) in [5.74, 6) is -0.812. The van der Waals surface area contributed by atoms with E-state index in [1.807, 2.05) is 12.1 Å². The minimum atomic E-state index is -5.57. The Kier molecular flexibility index (Phi) is 16.2. The van der Waals surface area contributed by atoms with Crippen LogP contribution in [0.15, 0.2) is 34.7 Å². The maximum atomic E-state index is 12.0. The van der Waals surface area contributed by atoms with Gasteiger partial charge in [0.25, 0.3) is 0 Å². The number of allylic oxidation sites excluding steroid dienone is 2. The van der Waals surface area contributed by atoms with E-state index in [1.54, 1.807) is 19.5 Å². The van der Waals surface area contributed by atoms with Crippen LogP contribution in [0.4, 0.5) is 0 Å². The molecule has 0 bridgehead atoms. The van der Waals surface area contributed by atoms with Crippen molar-refractivity contribution in [3.63, 3.8) is 0 Å². The van der Waals surface area contributed by atoms with Gasteiger partial charge in [-0.1, -0.05) is 46.3 Å². The van der Waals surface area contributed by atoms with Crippen LogP contribution in [0, 0.1) is 39.9 Å². The smallest absolute Gasteiger partial charge is 0.726 e. The van der Waals surface area contributed by atoms with Gasteiger partial charge in [-0.25, -0.2) is 25.3 Å². The Bertz CT molecular complexity index is 1690. The summed E-state index contributed by atoms with van der Waals surface area (Å²) >= 11 is 0. The fourth-order valence-corrected chi connectivity index (χ4v) is 11.6. The van der Waals surface area contributed by atoms with Crippen LogP contribution in [0.1, 0.15) is 91.0 Å². The number of furan rings is 1. The molecule has 268 valence electrons. The van der Waals surface area contributed by atoms with E-state index < -0.39 is 84.7 Å². The minimum absolute atomic E-state index is 0. The maximum Gasteiger partial charge on any atom is 1.00 e. The Morgan fingerprint density at radius 1 is 0.900 bits per heavy atom. The Balaban J connectivity index is 0.00000289. The molecular weight excluding hydrogens is 749 g/mol. The van der Waals surface area contributed by atoms with Gasteiger partial charge in [0.05, 0.1) is 24.7 Å². The Morgan fingerprint density at radius 2 is 1.48 bits per heavy atom. The number of aliphatic hydroxyl groups is 1. The SMILES string of the molecule is CC(CC[C@@H](C)[C@H]1CC[C@@]2(C)[C@@H]3C[C@H](OS(=O)(=O)[O-])[C@H]4[C@@H](O)[C@H](OS(=O)(=O)[O-])[C@@H](OS(=O)(=O)[O-])C[C@]4(C)C3=CC[C@]12C)c1ccoc1.[Na+].[Na+].[Na+]. The molecule has 5 rings (SSSR count). The van der Waals surface area contributed by atoms with E-state index >= 15 is 0 Å². The zero-order valence-corrected chi connectivity index (χ0v) is 38.4. The second-order valence-corrected chi connectivity index (χ2v) is 17.9. The average Bonchev–Trinajstić information content (AvgIpc) is 3.54. The monoisotopic (exact) mass is 792 g/mol. The molecule has 3 saturated carbocycles. The van der Waals surface area contributed by atoms with E-state index in [0.717, 1.165) is 36.8 Å². The molecule has 4 aliphatic carbocycles. The molecule has 20 heteroatoms. The quantitative estimate of drug-likeness (QED) is 0.0954. The van der Waals surface area contributed by atoms with Crippen LogP contribution in [-0.4, -0.2) is 68.4 Å². The molecule has 3 fully saturated rings. The number of aliphatic hydroxyl groups excluding tert-OH is 1. The second-order valence-electron chi connectivity index (χ2n) is 14.8. The summed E-state index contributed by atoms with van der Waals surface area (Å²) in [6, 6.07) is 1.96. The van der Waals surface area contributed by atoms with Crippen molar-refractivity contribution in [2.24, 2.45) is 39.9 Å². The van der Waals surface area contributed by atoms with Crippen molar-refractivity contribution in [1.82, 2.24) is 0 Å². The Morgan fingerprint density at radius 3 is 2.02 bits per heavy atom.